The van der Waals surface area contributed by atoms with Crippen LogP contribution < -0.4 is 9.46 Å². The molecule has 0 aliphatic rings. The molecule has 0 aliphatic heterocycles. The molecular weight excluding hydrogens is 310 g/mol. The van der Waals surface area contributed by atoms with Gasteiger partial charge in [0.2, 0.25) is 10.0 Å². The lowest BCUT2D eigenvalue weighted by atomic mass is 10.2. The van der Waals surface area contributed by atoms with Crippen molar-refractivity contribution in [3.8, 4) is 5.75 Å². The van der Waals surface area contributed by atoms with Gasteiger partial charge in [0, 0.05) is 11.6 Å². The number of sulfonamides is 1. The molecule has 0 bridgehead atoms. The van der Waals surface area contributed by atoms with E-state index >= 15 is 0 Å². The van der Waals surface area contributed by atoms with E-state index in [9.17, 15) is 8.42 Å². The lowest BCUT2D eigenvalue weighted by molar-refractivity contribution is 0.414. The summed E-state index contributed by atoms with van der Waals surface area (Å²) in [5.41, 5.74) is 1.39. The SMILES string of the molecule is COc1ccc(CNS(=O)(=O)c2ccccc2C)c(Cl)c1. The van der Waals surface area contributed by atoms with Crippen LogP contribution in [0.2, 0.25) is 5.02 Å². The van der Waals surface area contributed by atoms with E-state index in [0.717, 1.165) is 0 Å². The number of rotatable bonds is 5. The summed E-state index contributed by atoms with van der Waals surface area (Å²) in [5.74, 6) is 0.630. The zero-order valence-corrected chi connectivity index (χ0v) is 13.3. The maximum absolute atomic E-state index is 12.3. The molecule has 0 unspecified atom stereocenters. The van der Waals surface area contributed by atoms with E-state index in [1.165, 1.54) is 0 Å². The fraction of sp³-hybridized carbons (Fsp3) is 0.200. The predicted octanol–water partition coefficient (Wildman–Crippen LogP) is 3.14. The second-order valence-corrected chi connectivity index (χ2v) is 6.69. The van der Waals surface area contributed by atoms with E-state index < -0.39 is 10.0 Å². The Morgan fingerprint density at radius 1 is 1.19 bits per heavy atom. The highest BCUT2D eigenvalue weighted by Gasteiger charge is 2.16. The first-order valence-electron chi connectivity index (χ1n) is 6.32. The fourth-order valence-corrected chi connectivity index (χ4v) is 3.39. The highest BCUT2D eigenvalue weighted by molar-refractivity contribution is 7.89. The van der Waals surface area contributed by atoms with Gasteiger partial charge in [0.1, 0.15) is 5.75 Å². The van der Waals surface area contributed by atoms with Crippen molar-refractivity contribution in [2.75, 3.05) is 7.11 Å². The first-order valence-corrected chi connectivity index (χ1v) is 8.18. The molecule has 6 heteroatoms. The number of nitrogens with one attached hydrogen (secondary N) is 1. The Hall–Kier alpha value is -1.56. The van der Waals surface area contributed by atoms with Crippen LogP contribution in [0, 0.1) is 6.92 Å². The normalized spacial score (nSPS) is 11.4. The van der Waals surface area contributed by atoms with Gasteiger partial charge in [-0.25, -0.2) is 13.1 Å². The molecule has 0 saturated carbocycles. The Kier molecular flexibility index (Phi) is 4.88. The van der Waals surface area contributed by atoms with Crippen molar-refractivity contribution in [2.24, 2.45) is 0 Å². The second-order valence-electron chi connectivity index (χ2n) is 4.55. The molecule has 0 atom stereocenters. The number of ether oxygens (including phenoxy) is 1. The third-order valence-electron chi connectivity index (χ3n) is 3.10. The highest BCUT2D eigenvalue weighted by atomic mass is 35.5. The standard InChI is InChI=1S/C15H16ClNO3S/c1-11-5-3-4-6-15(11)21(18,19)17-10-12-7-8-13(20-2)9-14(12)16/h3-9,17H,10H2,1-2H3. The van der Waals surface area contributed by atoms with Gasteiger partial charge in [-0.2, -0.15) is 0 Å². The highest BCUT2D eigenvalue weighted by Crippen LogP contribution is 2.23. The number of methoxy groups -OCH3 is 1. The molecule has 0 aliphatic carbocycles. The smallest absolute Gasteiger partial charge is 0.241 e. The zero-order valence-electron chi connectivity index (χ0n) is 11.8. The van der Waals surface area contributed by atoms with Crippen molar-refractivity contribution in [3.05, 3.63) is 58.6 Å². The average Bonchev–Trinajstić information content (AvgIpc) is 2.46. The van der Waals surface area contributed by atoms with E-state index in [1.807, 2.05) is 0 Å². The number of aryl methyl sites for hydroxylation is 1. The first kappa shape index (κ1) is 15.8. The van der Waals surface area contributed by atoms with Crippen LogP contribution in [0.25, 0.3) is 0 Å². The van der Waals surface area contributed by atoms with Gasteiger partial charge in [-0.1, -0.05) is 35.9 Å². The minimum Gasteiger partial charge on any atom is -0.497 e. The van der Waals surface area contributed by atoms with Crippen LogP contribution in [0.15, 0.2) is 47.4 Å². The van der Waals surface area contributed by atoms with Crippen molar-refractivity contribution in [2.45, 2.75) is 18.4 Å². The van der Waals surface area contributed by atoms with Gasteiger partial charge < -0.3 is 4.74 Å². The van der Waals surface area contributed by atoms with Crippen molar-refractivity contribution in [3.63, 3.8) is 0 Å². The molecule has 0 fully saturated rings. The van der Waals surface area contributed by atoms with E-state index in [2.05, 4.69) is 4.72 Å². The summed E-state index contributed by atoms with van der Waals surface area (Å²) in [5, 5.41) is 0.460. The van der Waals surface area contributed by atoms with Crippen LogP contribution in [0.4, 0.5) is 0 Å². The molecule has 0 radical (unpaired) electrons. The molecule has 0 heterocycles. The van der Waals surface area contributed by atoms with Crippen molar-refractivity contribution < 1.29 is 13.2 Å². The molecule has 0 amide bonds. The molecule has 112 valence electrons. The van der Waals surface area contributed by atoms with Crippen LogP contribution in [-0.2, 0) is 16.6 Å². The molecule has 0 aromatic heterocycles. The van der Waals surface area contributed by atoms with Crippen LogP contribution in [0.3, 0.4) is 0 Å². The molecule has 2 rings (SSSR count). The largest absolute Gasteiger partial charge is 0.497 e. The van der Waals surface area contributed by atoms with Gasteiger partial charge in [0.25, 0.3) is 0 Å². The van der Waals surface area contributed by atoms with Crippen molar-refractivity contribution in [1.82, 2.24) is 4.72 Å². The third-order valence-corrected chi connectivity index (χ3v) is 5.01. The van der Waals surface area contributed by atoms with Crippen LogP contribution in [-0.4, -0.2) is 15.5 Å². The predicted molar refractivity (Wildman–Crippen MR) is 83.2 cm³/mol. The Bertz CT molecular complexity index is 744. The lowest BCUT2D eigenvalue weighted by Gasteiger charge is -2.10. The number of halogens is 1. The molecule has 4 nitrogen and oxygen atoms in total. The Morgan fingerprint density at radius 2 is 1.90 bits per heavy atom. The minimum atomic E-state index is -3.56. The van der Waals surface area contributed by atoms with Gasteiger partial charge in [-0.05, 0) is 36.2 Å². The zero-order chi connectivity index (χ0) is 15.5. The van der Waals surface area contributed by atoms with Gasteiger partial charge in [0.05, 0.1) is 12.0 Å². The van der Waals surface area contributed by atoms with Crippen molar-refractivity contribution in [1.29, 1.82) is 0 Å². The summed E-state index contributed by atoms with van der Waals surface area (Å²) in [6, 6.07) is 12.0. The minimum absolute atomic E-state index is 0.124. The summed E-state index contributed by atoms with van der Waals surface area (Å²) in [6.45, 7) is 1.88. The van der Waals surface area contributed by atoms with Crippen LogP contribution in [0.5, 0.6) is 5.75 Å². The van der Waals surface area contributed by atoms with E-state index in [1.54, 1.807) is 56.5 Å². The van der Waals surface area contributed by atoms with Gasteiger partial charge in [-0.15, -0.1) is 0 Å². The molecule has 0 saturated heterocycles. The van der Waals surface area contributed by atoms with Gasteiger partial charge >= 0.3 is 0 Å². The summed E-state index contributed by atoms with van der Waals surface area (Å²) in [6.07, 6.45) is 0. The van der Waals surface area contributed by atoms with E-state index in [4.69, 9.17) is 16.3 Å². The molecule has 0 spiro atoms. The summed E-state index contributed by atoms with van der Waals surface area (Å²) >= 11 is 6.10. The maximum atomic E-state index is 12.3. The monoisotopic (exact) mass is 325 g/mol. The second kappa shape index (κ2) is 6.47. The van der Waals surface area contributed by atoms with Gasteiger partial charge in [0.15, 0.2) is 0 Å². The van der Waals surface area contributed by atoms with Crippen molar-refractivity contribution >= 4 is 21.6 Å². The Labute approximate surface area is 129 Å². The lowest BCUT2D eigenvalue weighted by Crippen LogP contribution is -2.24. The van der Waals surface area contributed by atoms with E-state index in [0.29, 0.717) is 21.9 Å². The molecule has 2 aromatic carbocycles. The maximum Gasteiger partial charge on any atom is 0.241 e. The summed E-state index contributed by atoms with van der Waals surface area (Å²) < 4.78 is 32.2. The number of benzene rings is 2. The Morgan fingerprint density at radius 3 is 2.52 bits per heavy atom. The topological polar surface area (TPSA) is 55.4 Å². The molecular formula is C15H16ClNO3S. The Balaban J connectivity index is 2.18. The van der Waals surface area contributed by atoms with Crippen LogP contribution >= 0.6 is 11.6 Å². The van der Waals surface area contributed by atoms with Gasteiger partial charge in [-0.3, -0.25) is 0 Å². The van der Waals surface area contributed by atoms with Crippen LogP contribution in [0.1, 0.15) is 11.1 Å². The average molecular weight is 326 g/mol. The number of hydrogen-bond donors (Lipinski definition) is 1. The fourth-order valence-electron chi connectivity index (χ4n) is 1.91. The van der Waals surface area contributed by atoms with E-state index in [-0.39, 0.29) is 11.4 Å². The molecule has 1 N–H and O–H groups in total. The summed E-state index contributed by atoms with van der Waals surface area (Å²) in [7, 11) is -2.01. The first-order chi connectivity index (χ1) is 9.94. The molecule has 21 heavy (non-hydrogen) atoms. The quantitative estimate of drug-likeness (QED) is 0.918. The third kappa shape index (κ3) is 3.75. The summed E-state index contributed by atoms with van der Waals surface area (Å²) in [4.78, 5) is 0.273. The number of hydrogen-bond acceptors (Lipinski definition) is 3. The molecule has 2 aromatic rings.